The number of benzene rings is 2. The Hall–Kier alpha value is -3.02. The molecule has 4 rings (SSSR count). The second kappa shape index (κ2) is 7.70. The highest BCUT2D eigenvalue weighted by atomic mass is 16.5. The fourth-order valence-corrected chi connectivity index (χ4v) is 3.62. The number of hydrogen-bond donors (Lipinski definition) is 2. The van der Waals surface area contributed by atoms with Crippen LogP contribution in [0.25, 0.3) is 11.0 Å². The summed E-state index contributed by atoms with van der Waals surface area (Å²) in [6, 6.07) is 15.8. The number of para-hydroxylation sites is 3. The molecule has 3 aromatic rings. The molecule has 140 valence electrons. The van der Waals surface area contributed by atoms with Gasteiger partial charge in [-0.25, -0.2) is 4.98 Å². The van der Waals surface area contributed by atoms with Crippen molar-refractivity contribution in [1.82, 2.24) is 15.3 Å². The highest BCUT2D eigenvalue weighted by Gasteiger charge is 2.26. The summed E-state index contributed by atoms with van der Waals surface area (Å²) in [4.78, 5) is 22.8. The molecule has 2 N–H and O–H groups in total. The van der Waals surface area contributed by atoms with E-state index in [1.165, 1.54) is 0 Å². The number of piperidine rings is 1. The van der Waals surface area contributed by atoms with Crippen LogP contribution in [-0.2, 0) is 11.3 Å². The largest absolute Gasteiger partial charge is 0.496 e. The van der Waals surface area contributed by atoms with Gasteiger partial charge in [-0.2, -0.15) is 0 Å². The number of amides is 1. The lowest BCUT2D eigenvalue weighted by molar-refractivity contribution is -0.125. The van der Waals surface area contributed by atoms with Crippen molar-refractivity contribution in [3.05, 3.63) is 54.1 Å². The zero-order valence-electron chi connectivity index (χ0n) is 15.4. The molecule has 0 spiro atoms. The van der Waals surface area contributed by atoms with Crippen molar-refractivity contribution in [2.45, 2.75) is 19.4 Å². The van der Waals surface area contributed by atoms with Gasteiger partial charge in [0.15, 0.2) is 0 Å². The summed E-state index contributed by atoms with van der Waals surface area (Å²) in [7, 11) is 1.65. The number of rotatable bonds is 5. The molecule has 0 atom stereocenters. The number of aromatic nitrogens is 2. The molecule has 27 heavy (non-hydrogen) atoms. The number of carbonyl (C=O) groups is 1. The second-order valence-electron chi connectivity index (χ2n) is 6.87. The van der Waals surface area contributed by atoms with Crippen LogP contribution in [0.2, 0.25) is 0 Å². The van der Waals surface area contributed by atoms with Gasteiger partial charge in [-0.15, -0.1) is 0 Å². The molecule has 0 saturated carbocycles. The number of nitrogens with zero attached hydrogens (tertiary/aromatic N) is 2. The van der Waals surface area contributed by atoms with Crippen LogP contribution in [-0.4, -0.2) is 36.1 Å². The summed E-state index contributed by atoms with van der Waals surface area (Å²) < 4.78 is 5.34. The Balaban J connectivity index is 1.32. The number of hydrogen-bond acceptors (Lipinski definition) is 4. The molecule has 1 aromatic heterocycles. The average molecular weight is 364 g/mol. The summed E-state index contributed by atoms with van der Waals surface area (Å²) in [5.74, 6) is 1.85. The Morgan fingerprint density at radius 1 is 1.19 bits per heavy atom. The number of H-pyrrole nitrogens is 1. The monoisotopic (exact) mass is 364 g/mol. The first kappa shape index (κ1) is 17.4. The molecule has 0 aliphatic carbocycles. The molecule has 6 nitrogen and oxygen atoms in total. The van der Waals surface area contributed by atoms with E-state index in [2.05, 4.69) is 20.2 Å². The minimum absolute atomic E-state index is 0.0420. The van der Waals surface area contributed by atoms with Crippen LogP contribution in [0.5, 0.6) is 5.75 Å². The van der Waals surface area contributed by atoms with E-state index in [1.807, 2.05) is 48.5 Å². The van der Waals surface area contributed by atoms with Crippen molar-refractivity contribution >= 4 is 22.9 Å². The standard InChI is InChI=1S/C21H24N4O2/c1-27-19-9-5-2-6-16(19)14-22-20(26)15-10-12-25(13-11-15)21-23-17-7-3-4-8-18(17)24-21/h2-9,15H,10-14H2,1H3,(H,22,26)(H,23,24). The fourth-order valence-electron chi connectivity index (χ4n) is 3.62. The molecule has 0 unspecified atom stereocenters. The second-order valence-corrected chi connectivity index (χ2v) is 6.87. The predicted molar refractivity (Wildman–Crippen MR) is 106 cm³/mol. The normalized spacial score (nSPS) is 15.1. The maximum absolute atomic E-state index is 12.6. The summed E-state index contributed by atoms with van der Waals surface area (Å²) in [5.41, 5.74) is 3.02. The molecule has 1 saturated heterocycles. The number of imidazole rings is 1. The lowest BCUT2D eigenvalue weighted by Crippen LogP contribution is -2.40. The highest BCUT2D eigenvalue weighted by molar-refractivity contribution is 5.79. The first-order valence-corrected chi connectivity index (χ1v) is 9.34. The van der Waals surface area contributed by atoms with Gasteiger partial charge in [-0.3, -0.25) is 4.79 Å². The van der Waals surface area contributed by atoms with Gasteiger partial charge in [-0.05, 0) is 31.0 Å². The van der Waals surface area contributed by atoms with E-state index in [1.54, 1.807) is 7.11 Å². The van der Waals surface area contributed by atoms with Crippen molar-refractivity contribution in [1.29, 1.82) is 0 Å². The minimum atomic E-state index is 0.0420. The number of aromatic amines is 1. The lowest BCUT2D eigenvalue weighted by atomic mass is 9.96. The van der Waals surface area contributed by atoms with Gasteiger partial charge in [0.2, 0.25) is 11.9 Å². The first-order chi connectivity index (χ1) is 13.2. The number of nitrogens with one attached hydrogen (secondary N) is 2. The van der Waals surface area contributed by atoms with E-state index in [0.29, 0.717) is 6.54 Å². The van der Waals surface area contributed by atoms with Gasteiger partial charge in [0.25, 0.3) is 0 Å². The highest BCUT2D eigenvalue weighted by Crippen LogP contribution is 2.24. The zero-order valence-corrected chi connectivity index (χ0v) is 15.4. The molecule has 2 heterocycles. The van der Waals surface area contributed by atoms with E-state index < -0.39 is 0 Å². The Morgan fingerprint density at radius 3 is 2.70 bits per heavy atom. The van der Waals surface area contributed by atoms with E-state index >= 15 is 0 Å². The van der Waals surface area contributed by atoms with Gasteiger partial charge in [0, 0.05) is 31.1 Å². The van der Waals surface area contributed by atoms with Crippen LogP contribution in [0.4, 0.5) is 5.95 Å². The summed E-state index contributed by atoms with van der Waals surface area (Å²) in [6.45, 7) is 2.14. The predicted octanol–water partition coefficient (Wildman–Crippen LogP) is 3.10. The summed E-state index contributed by atoms with van der Waals surface area (Å²) in [5, 5.41) is 3.06. The number of anilines is 1. The van der Waals surface area contributed by atoms with Gasteiger partial charge >= 0.3 is 0 Å². The Morgan fingerprint density at radius 2 is 1.93 bits per heavy atom. The first-order valence-electron chi connectivity index (χ1n) is 9.34. The minimum Gasteiger partial charge on any atom is -0.496 e. The van der Waals surface area contributed by atoms with E-state index in [9.17, 15) is 4.79 Å². The molecule has 6 heteroatoms. The number of methoxy groups -OCH3 is 1. The van der Waals surface area contributed by atoms with Crippen LogP contribution >= 0.6 is 0 Å². The van der Waals surface area contributed by atoms with E-state index in [-0.39, 0.29) is 11.8 Å². The lowest BCUT2D eigenvalue weighted by Gasteiger charge is -2.31. The van der Waals surface area contributed by atoms with Crippen LogP contribution in [0.3, 0.4) is 0 Å². The number of fused-ring (bicyclic) bond motifs is 1. The van der Waals surface area contributed by atoms with Gasteiger partial charge < -0.3 is 19.9 Å². The molecule has 1 fully saturated rings. The van der Waals surface area contributed by atoms with Crippen molar-refractivity contribution < 1.29 is 9.53 Å². The Kier molecular flexibility index (Phi) is 4.96. The number of carbonyl (C=O) groups excluding carboxylic acids is 1. The van der Waals surface area contributed by atoms with Crippen molar-refractivity contribution in [2.75, 3.05) is 25.1 Å². The van der Waals surface area contributed by atoms with Crippen molar-refractivity contribution in [3.63, 3.8) is 0 Å². The molecular weight excluding hydrogens is 340 g/mol. The van der Waals surface area contributed by atoms with Crippen LogP contribution < -0.4 is 15.0 Å². The van der Waals surface area contributed by atoms with Crippen molar-refractivity contribution in [3.8, 4) is 5.75 Å². The SMILES string of the molecule is COc1ccccc1CNC(=O)C1CCN(c2nc3ccccc3[nH]2)CC1. The molecule has 0 bridgehead atoms. The maximum Gasteiger partial charge on any atom is 0.223 e. The quantitative estimate of drug-likeness (QED) is 0.730. The third-order valence-electron chi connectivity index (χ3n) is 5.19. The maximum atomic E-state index is 12.6. The van der Waals surface area contributed by atoms with E-state index in [0.717, 1.165) is 54.2 Å². The van der Waals surface area contributed by atoms with Crippen molar-refractivity contribution in [2.24, 2.45) is 5.92 Å². The van der Waals surface area contributed by atoms with Gasteiger partial charge in [0.1, 0.15) is 5.75 Å². The molecule has 1 amide bonds. The molecule has 2 aromatic carbocycles. The third kappa shape index (κ3) is 3.74. The smallest absolute Gasteiger partial charge is 0.223 e. The van der Waals surface area contributed by atoms with Crippen LogP contribution in [0.15, 0.2) is 48.5 Å². The molecule has 1 aliphatic heterocycles. The van der Waals surface area contributed by atoms with Crippen LogP contribution in [0.1, 0.15) is 18.4 Å². The Labute approximate surface area is 158 Å². The summed E-state index contributed by atoms with van der Waals surface area (Å²) in [6.07, 6.45) is 1.66. The Bertz CT molecular complexity index is 896. The third-order valence-corrected chi connectivity index (χ3v) is 5.19. The topological polar surface area (TPSA) is 70.2 Å². The zero-order chi connectivity index (χ0) is 18.6. The molecule has 0 radical (unpaired) electrons. The van der Waals surface area contributed by atoms with Gasteiger partial charge in [0.05, 0.1) is 18.1 Å². The average Bonchev–Trinajstić information content (AvgIpc) is 3.16. The fraction of sp³-hybridized carbons (Fsp3) is 0.333. The van der Waals surface area contributed by atoms with Gasteiger partial charge in [-0.1, -0.05) is 30.3 Å². The van der Waals surface area contributed by atoms with Crippen LogP contribution in [0, 0.1) is 5.92 Å². The summed E-state index contributed by atoms with van der Waals surface area (Å²) >= 11 is 0. The number of ether oxygens (including phenoxy) is 1. The molecular formula is C21H24N4O2. The molecule has 1 aliphatic rings. The van der Waals surface area contributed by atoms with E-state index in [4.69, 9.17) is 4.74 Å².